The van der Waals surface area contributed by atoms with Gasteiger partial charge in [0.05, 0.1) is 12.8 Å². The summed E-state index contributed by atoms with van der Waals surface area (Å²) < 4.78 is 10.9. The second-order valence-electron chi connectivity index (χ2n) is 8.81. The molecule has 2 saturated heterocycles. The predicted molar refractivity (Wildman–Crippen MR) is 113 cm³/mol. The van der Waals surface area contributed by atoms with E-state index in [0.29, 0.717) is 17.6 Å². The number of hydrogen-bond donors (Lipinski definition) is 3. The molecule has 2 bridgehead atoms. The van der Waals surface area contributed by atoms with Crippen molar-refractivity contribution in [3.8, 4) is 0 Å². The van der Waals surface area contributed by atoms with Gasteiger partial charge in [0.15, 0.2) is 5.60 Å². The van der Waals surface area contributed by atoms with Gasteiger partial charge in [0.1, 0.15) is 18.6 Å². The molecule has 3 rings (SSSR count). The van der Waals surface area contributed by atoms with Crippen LogP contribution in [0.4, 0.5) is 0 Å². The van der Waals surface area contributed by atoms with Crippen molar-refractivity contribution in [2.24, 2.45) is 0 Å². The monoisotopic (exact) mass is 463 g/mol. The Morgan fingerprint density at radius 2 is 1.67 bits per heavy atom. The third-order valence-corrected chi connectivity index (χ3v) is 6.51. The first-order valence-electron chi connectivity index (χ1n) is 10.9. The van der Waals surface area contributed by atoms with E-state index >= 15 is 0 Å². The van der Waals surface area contributed by atoms with Gasteiger partial charge in [0.2, 0.25) is 0 Å². The van der Waals surface area contributed by atoms with Gasteiger partial charge in [-0.3, -0.25) is 14.4 Å². The van der Waals surface area contributed by atoms with Crippen LogP contribution in [0, 0.1) is 0 Å². The Bertz CT molecular complexity index is 875. The van der Waals surface area contributed by atoms with Crippen LogP contribution in [0.2, 0.25) is 0 Å². The molecule has 180 valence electrons. The minimum atomic E-state index is -2.81. The number of aliphatic carboxylic acids is 2. The van der Waals surface area contributed by atoms with Gasteiger partial charge in [0, 0.05) is 12.1 Å². The maximum absolute atomic E-state index is 13.0. The molecule has 0 spiro atoms. The Balaban J connectivity index is 1.65. The lowest BCUT2D eigenvalue weighted by molar-refractivity contribution is -0.172. The van der Waals surface area contributed by atoms with Crippen molar-refractivity contribution in [1.82, 2.24) is 4.90 Å². The fourth-order valence-corrected chi connectivity index (χ4v) is 4.62. The number of fused-ring (bicyclic) bond motifs is 2. The first-order chi connectivity index (χ1) is 15.6. The molecule has 3 N–H and O–H groups in total. The predicted octanol–water partition coefficient (Wildman–Crippen LogP) is 1.16. The zero-order chi connectivity index (χ0) is 24.2. The SMILES string of the molecule is CN1[C@@H]2CC[C@H]1CC(OC(=O)C(COC(=O)CC(O)(CC(=O)O)C(=O)O)c1ccccc1)C2. The highest BCUT2D eigenvalue weighted by Crippen LogP contribution is 2.36. The number of carboxylic acids is 2. The molecule has 5 atom stereocenters. The van der Waals surface area contributed by atoms with Crippen LogP contribution >= 0.6 is 0 Å². The van der Waals surface area contributed by atoms with Crippen molar-refractivity contribution in [3.05, 3.63) is 35.9 Å². The number of carbonyl (C=O) groups is 4. The van der Waals surface area contributed by atoms with Crippen molar-refractivity contribution in [2.75, 3.05) is 13.7 Å². The van der Waals surface area contributed by atoms with Gasteiger partial charge < -0.3 is 29.7 Å². The van der Waals surface area contributed by atoms with Gasteiger partial charge in [-0.25, -0.2) is 4.79 Å². The van der Waals surface area contributed by atoms with E-state index in [1.807, 2.05) is 0 Å². The second kappa shape index (κ2) is 10.3. The Kier molecular flexibility index (Phi) is 7.70. The molecule has 0 saturated carbocycles. The summed E-state index contributed by atoms with van der Waals surface area (Å²) in [5.74, 6) is -6.05. The summed E-state index contributed by atoms with van der Waals surface area (Å²) in [4.78, 5) is 49.7. The fraction of sp³-hybridized carbons (Fsp3) is 0.565. The van der Waals surface area contributed by atoms with Gasteiger partial charge in [-0.1, -0.05) is 30.3 Å². The number of hydrogen-bond acceptors (Lipinski definition) is 8. The molecule has 33 heavy (non-hydrogen) atoms. The van der Waals surface area contributed by atoms with Crippen molar-refractivity contribution < 1.29 is 44.0 Å². The fourth-order valence-electron chi connectivity index (χ4n) is 4.62. The van der Waals surface area contributed by atoms with Crippen molar-refractivity contribution in [3.63, 3.8) is 0 Å². The number of nitrogens with zero attached hydrogens (tertiary/aromatic N) is 1. The molecule has 0 aromatic heterocycles. The highest BCUT2D eigenvalue weighted by Gasteiger charge is 2.43. The van der Waals surface area contributed by atoms with Crippen LogP contribution < -0.4 is 0 Å². The Morgan fingerprint density at radius 1 is 1.06 bits per heavy atom. The molecule has 10 nitrogen and oxygen atoms in total. The van der Waals surface area contributed by atoms with Gasteiger partial charge in [-0.15, -0.1) is 0 Å². The zero-order valence-corrected chi connectivity index (χ0v) is 18.4. The number of carbonyl (C=O) groups excluding carboxylic acids is 2. The van der Waals surface area contributed by atoms with Crippen LogP contribution in [-0.4, -0.2) is 81.5 Å². The van der Waals surface area contributed by atoms with Crippen LogP contribution in [-0.2, 0) is 28.7 Å². The standard InChI is InChI=1S/C23H29NO9/c1-24-15-7-8-16(24)10-17(9-15)33-21(28)18(14-5-3-2-4-6-14)13-32-20(27)12-23(31,22(29)30)11-19(25)26/h2-6,15-18,31H,7-13H2,1H3,(H,25,26)(H,29,30)/t15-,16+,17?,18?,23?. The highest BCUT2D eigenvalue weighted by atomic mass is 16.6. The maximum Gasteiger partial charge on any atom is 0.336 e. The van der Waals surface area contributed by atoms with E-state index in [4.69, 9.17) is 19.7 Å². The normalized spacial score (nSPS) is 25.0. The van der Waals surface area contributed by atoms with E-state index in [9.17, 15) is 24.3 Å². The van der Waals surface area contributed by atoms with E-state index in [0.717, 1.165) is 25.7 Å². The topological polar surface area (TPSA) is 151 Å². The number of aliphatic hydroxyl groups is 1. The van der Waals surface area contributed by atoms with Crippen molar-refractivity contribution in [1.29, 1.82) is 0 Å². The van der Waals surface area contributed by atoms with E-state index in [-0.39, 0.29) is 6.10 Å². The number of piperidine rings is 1. The van der Waals surface area contributed by atoms with Crippen molar-refractivity contribution in [2.45, 2.75) is 68.2 Å². The quantitative estimate of drug-likeness (QED) is 0.431. The summed E-state index contributed by atoms with van der Waals surface area (Å²) in [6.45, 7) is -0.427. The van der Waals surface area contributed by atoms with E-state index in [2.05, 4.69) is 11.9 Å². The van der Waals surface area contributed by atoms with Crippen LogP contribution in [0.25, 0.3) is 0 Å². The first-order valence-corrected chi connectivity index (χ1v) is 10.9. The van der Waals surface area contributed by atoms with Gasteiger partial charge in [0.25, 0.3) is 0 Å². The van der Waals surface area contributed by atoms with E-state index in [1.165, 1.54) is 0 Å². The molecule has 0 aliphatic carbocycles. The molecule has 0 amide bonds. The third kappa shape index (κ3) is 6.08. The number of esters is 2. The molecule has 1 aromatic carbocycles. The summed E-state index contributed by atoms with van der Waals surface area (Å²) >= 11 is 0. The number of ether oxygens (including phenoxy) is 2. The minimum absolute atomic E-state index is 0.235. The summed E-state index contributed by atoms with van der Waals surface area (Å²) in [5, 5.41) is 28.0. The molecule has 10 heteroatoms. The Labute approximate surface area is 191 Å². The minimum Gasteiger partial charge on any atom is -0.481 e. The molecule has 2 aliphatic rings. The van der Waals surface area contributed by atoms with Gasteiger partial charge in [-0.2, -0.15) is 0 Å². The van der Waals surface area contributed by atoms with Gasteiger partial charge in [-0.05, 0) is 38.3 Å². The smallest absolute Gasteiger partial charge is 0.336 e. The highest BCUT2D eigenvalue weighted by molar-refractivity contribution is 5.88. The molecule has 2 fully saturated rings. The lowest BCUT2D eigenvalue weighted by Gasteiger charge is -2.36. The summed E-state index contributed by atoms with van der Waals surface area (Å²) in [6, 6.07) is 9.35. The molecular formula is C23H29NO9. The lowest BCUT2D eigenvalue weighted by Crippen LogP contribution is -2.44. The van der Waals surface area contributed by atoms with Crippen LogP contribution in [0.5, 0.6) is 0 Å². The van der Waals surface area contributed by atoms with Gasteiger partial charge >= 0.3 is 23.9 Å². The summed E-state index contributed by atoms with van der Waals surface area (Å²) in [7, 11) is 2.08. The second-order valence-corrected chi connectivity index (χ2v) is 8.81. The molecule has 1 aromatic rings. The van der Waals surface area contributed by atoms with Crippen LogP contribution in [0.3, 0.4) is 0 Å². The largest absolute Gasteiger partial charge is 0.481 e. The average molecular weight is 463 g/mol. The molecule has 3 unspecified atom stereocenters. The average Bonchev–Trinajstić information content (AvgIpc) is 2.94. The van der Waals surface area contributed by atoms with E-state index < -0.39 is 54.8 Å². The number of benzene rings is 1. The van der Waals surface area contributed by atoms with Crippen LogP contribution in [0.15, 0.2) is 30.3 Å². The first kappa shape index (κ1) is 24.7. The molecule has 0 radical (unpaired) electrons. The van der Waals surface area contributed by atoms with Crippen LogP contribution in [0.1, 0.15) is 50.0 Å². The number of carboxylic acid groups (broad SMARTS) is 2. The van der Waals surface area contributed by atoms with Crippen molar-refractivity contribution >= 4 is 23.9 Å². The summed E-state index contributed by atoms with van der Waals surface area (Å²) in [5.41, 5.74) is -2.25. The molecule has 2 heterocycles. The zero-order valence-electron chi connectivity index (χ0n) is 18.4. The molecule has 2 aliphatic heterocycles. The Hall–Kier alpha value is -2.98. The third-order valence-electron chi connectivity index (χ3n) is 6.51. The lowest BCUT2D eigenvalue weighted by atomic mass is 9.95. The van der Waals surface area contributed by atoms with E-state index in [1.54, 1.807) is 30.3 Å². The number of rotatable bonds is 10. The maximum atomic E-state index is 13.0. The summed E-state index contributed by atoms with van der Waals surface area (Å²) in [6.07, 6.45) is 1.14. The Morgan fingerprint density at radius 3 is 2.21 bits per heavy atom. The molecular weight excluding hydrogens is 434 g/mol.